The molecule has 0 radical (unpaired) electrons. The number of aryl methyl sites for hydroxylation is 1. The van der Waals surface area contributed by atoms with Crippen LogP contribution < -0.4 is 41.3 Å². The van der Waals surface area contributed by atoms with Crippen LogP contribution in [0.4, 0.5) is 21.8 Å². The van der Waals surface area contributed by atoms with E-state index in [9.17, 15) is 14.7 Å². The van der Waals surface area contributed by atoms with Gasteiger partial charge in [-0.2, -0.15) is 4.98 Å². The van der Waals surface area contributed by atoms with Gasteiger partial charge in [-0.1, -0.05) is 0 Å². The number of hydrogen-bond donors (Lipinski definition) is 4. The Morgan fingerprint density at radius 3 is 2.40 bits per heavy atom. The van der Waals surface area contributed by atoms with Gasteiger partial charge in [0, 0.05) is 56.1 Å². The molecule has 6 rings (SSSR count). The lowest BCUT2D eigenvalue weighted by Crippen LogP contribution is -2.49. The number of nitrogens with zero attached hydrogens (tertiary/aromatic N) is 4. The fourth-order valence-electron chi connectivity index (χ4n) is 5.85. The largest absolute Gasteiger partial charge is 0.493 e. The molecular weight excluding hydrogens is 609 g/mol. The van der Waals surface area contributed by atoms with Crippen LogP contribution in [0.3, 0.4) is 0 Å². The van der Waals surface area contributed by atoms with Crippen LogP contribution in [0.25, 0.3) is 10.9 Å². The molecule has 1 atom stereocenters. The zero-order valence-corrected chi connectivity index (χ0v) is 27.1. The highest BCUT2D eigenvalue weighted by atomic mass is 19.1. The van der Waals surface area contributed by atoms with Crippen LogP contribution in [-0.4, -0.2) is 72.6 Å². The predicted octanol–water partition coefficient (Wildman–Crippen LogP) is 3.54. The van der Waals surface area contributed by atoms with Crippen molar-refractivity contribution in [3.63, 3.8) is 0 Å². The van der Waals surface area contributed by atoms with Crippen molar-refractivity contribution >= 4 is 34.3 Å². The number of piperazine rings is 1. The van der Waals surface area contributed by atoms with Crippen molar-refractivity contribution in [1.29, 1.82) is 0 Å². The molecule has 2 aromatic heterocycles. The summed E-state index contributed by atoms with van der Waals surface area (Å²) in [5.41, 5.74) is 14.1. The van der Waals surface area contributed by atoms with Crippen LogP contribution in [0.2, 0.25) is 0 Å². The Labute approximate surface area is 271 Å². The number of ether oxygens (including phenoxy) is 3. The number of carboxylic acids is 1. The van der Waals surface area contributed by atoms with Crippen molar-refractivity contribution in [2.75, 3.05) is 57.3 Å². The van der Waals surface area contributed by atoms with E-state index in [1.165, 1.54) is 13.3 Å². The fourth-order valence-corrected chi connectivity index (χ4v) is 5.85. The van der Waals surface area contributed by atoms with Crippen molar-refractivity contribution in [2.24, 2.45) is 0 Å². The molecule has 6 N–H and O–H groups in total. The van der Waals surface area contributed by atoms with Gasteiger partial charge >= 0.3 is 5.97 Å². The van der Waals surface area contributed by atoms with Gasteiger partial charge in [0.25, 0.3) is 0 Å². The van der Waals surface area contributed by atoms with Crippen molar-refractivity contribution in [2.45, 2.75) is 45.2 Å². The van der Waals surface area contributed by atoms with E-state index in [1.54, 1.807) is 25.0 Å². The van der Waals surface area contributed by atoms with Crippen LogP contribution in [-0.2, 0) is 6.42 Å². The highest BCUT2D eigenvalue weighted by Crippen LogP contribution is 2.43. The summed E-state index contributed by atoms with van der Waals surface area (Å²) in [7, 11) is 4.68. The number of benzene rings is 2. The smallest absolute Gasteiger partial charge is 0.341 e. The molecule has 14 heteroatoms. The van der Waals surface area contributed by atoms with E-state index in [4.69, 9.17) is 25.7 Å². The monoisotopic (exact) mass is 649 g/mol. The summed E-state index contributed by atoms with van der Waals surface area (Å²) in [5, 5.41) is 12.7. The van der Waals surface area contributed by atoms with Crippen LogP contribution in [0.15, 0.2) is 35.4 Å². The average molecular weight is 650 g/mol. The molecule has 0 bridgehead atoms. The Morgan fingerprint density at radius 1 is 1.11 bits per heavy atom. The number of carbonyl (C=O) groups is 1. The highest BCUT2D eigenvalue weighted by Gasteiger charge is 2.32. The maximum absolute atomic E-state index is 15.1. The number of anilines is 3. The molecule has 1 saturated carbocycles. The molecule has 47 heavy (non-hydrogen) atoms. The van der Waals surface area contributed by atoms with Gasteiger partial charge < -0.3 is 45.6 Å². The van der Waals surface area contributed by atoms with Gasteiger partial charge in [-0.25, -0.2) is 14.2 Å². The summed E-state index contributed by atoms with van der Waals surface area (Å²) in [6, 6.07) is 5.32. The van der Waals surface area contributed by atoms with E-state index >= 15 is 4.39 Å². The van der Waals surface area contributed by atoms with E-state index in [-0.39, 0.29) is 29.0 Å². The minimum Gasteiger partial charge on any atom is -0.493 e. The van der Waals surface area contributed by atoms with Crippen molar-refractivity contribution < 1.29 is 28.5 Å². The fraction of sp³-hybridized carbons (Fsp3) is 0.394. The average Bonchev–Trinajstić information content (AvgIpc) is 3.88. The minimum atomic E-state index is -1.31. The highest BCUT2D eigenvalue weighted by molar-refractivity contribution is 5.97. The third-order valence-electron chi connectivity index (χ3n) is 8.40. The normalized spacial score (nSPS) is 16.0. The molecule has 0 spiro atoms. The van der Waals surface area contributed by atoms with Crippen LogP contribution in [0, 0.1) is 12.7 Å². The first kappa shape index (κ1) is 33.3. The number of pyridine rings is 1. The standard InChI is InChI=1S/C19H22FN3O4.C14H18N4O2/c1-10-8-22(6-5-21-10)16-14(20)7-12-15(18(16)27-2)23(11-3-4-11)9-13(17(12)24)19(25)26;1-8-4-11(19-2)12(20-3)6-9(8)5-10-7-17-14(16)18-13(10)15/h7,9-11,21H,3-6,8H2,1-2H3,(H,25,26);4,6-7H,5H2,1-3H3,(H4,15,16,17,18). The number of aromatic carboxylic acids is 1. The number of nitrogens with one attached hydrogen (secondary N) is 1. The molecule has 2 aliphatic rings. The first-order chi connectivity index (χ1) is 22.5. The quantitative estimate of drug-likeness (QED) is 0.218. The summed E-state index contributed by atoms with van der Waals surface area (Å²) < 4.78 is 33.0. The van der Waals surface area contributed by atoms with E-state index in [2.05, 4.69) is 15.3 Å². The first-order valence-electron chi connectivity index (χ1n) is 15.2. The van der Waals surface area contributed by atoms with Gasteiger partial charge in [-0.3, -0.25) is 4.79 Å². The number of halogens is 1. The van der Waals surface area contributed by atoms with Gasteiger partial charge in [-0.15, -0.1) is 0 Å². The number of methoxy groups -OCH3 is 3. The van der Waals surface area contributed by atoms with E-state index in [1.807, 2.05) is 30.9 Å². The van der Waals surface area contributed by atoms with Gasteiger partial charge in [0.1, 0.15) is 17.1 Å². The zero-order valence-electron chi connectivity index (χ0n) is 27.1. The topological polar surface area (TPSA) is 180 Å². The SMILES string of the molecule is COc1c(N2CCNC(C)C2)c(F)cc2c(=O)c(C(=O)O)cn(C3CC3)c12.COc1cc(C)c(Cc2cnc(N)nc2N)cc1OC. The summed E-state index contributed by atoms with van der Waals surface area (Å²) in [4.78, 5) is 34.0. The van der Waals surface area contributed by atoms with E-state index in [0.717, 1.165) is 42.1 Å². The Morgan fingerprint density at radius 2 is 1.81 bits per heavy atom. The molecule has 250 valence electrons. The Bertz CT molecular complexity index is 1880. The second kappa shape index (κ2) is 13.7. The number of fused-ring (bicyclic) bond motifs is 1. The molecule has 2 fully saturated rings. The lowest BCUT2D eigenvalue weighted by molar-refractivity contribution is 0.0694. The summed E-state index contributed by atoms with van der Waals surface area (Å²) in [5.74, 6) is 0.367. The Balaban J connectivity index is 0.000000194. The molecule has 13 nitrogen and oxygen atoms in total. The van der Waals surface area contributed by atoms with Gasteiger partial charge in [-0.05, 0) is 56.0 Å². The molecule has 1 aliphatic carbocycles. The number of hydrogen-bond acceptors (Lipinski definition) is 11. The molecule has 1 aliphatic heterocycles. The second-order valence-corrected chi connectivity index (χ2v) is 11.7. The Kier molecular flexibility index (Phi) is 9.70. The first-order valence-corrected chi connectivity index (χ1v) is 15.2. The predicted molar refractivity (Wildman–Crippen MR) is 178 cm³/mol. The number of carboxylic acid groups (broad SMARTS) is 1. The second-order valence-electron chi connectivity index (χ2n) is 11.7. The zero-order chi connectivity index (χ0) is 34.0. The van der Waals surface area contributed by atoms with E-state index in [0.29, 0.717) is 53.8 Å². The lowest BCUT2D eigenvalue weighted by Gasteiger charge is -2.35. The van der Waals surface area contributed by atoms with Crippen LogP contribution in [0.5, 0.6) is 17.2 Å². The molecule has 3 heterocycles. The van der Waals surface area contributed by atoms with Crippen LogP contribution >= 0.6 is 0 Å². The minimum absolute atomic E-state index is 0.0445. The van der Waals surface area contributed by atoms with Crippen LogP contribution in [0.1, 0.15) is 52.9 Å². The van der Waals surface area contributed by atoms with E-state index < -0.39 is 17.2 Å². The summed E-state index contributed by atoms with van der Waals surface area (Å²) in [6.45, 7) is 5.97. The third-order valence-corrected chi connectivity index (χ3v) is 8.40. The molecule has 1 unspecified atom stereocenters. The third kappa shape index (κ3) is 6.87. The van der Waals surface area contributed by atoms with Crippen molar-refractivity contribution in [3.05, 3.63) is 68.9 Å². The molecule has 2 aromatic carbocycles. The summed E-state index contributed by atoms with van der Waals surface area (Å²) >= 11 is 0. The maximum Gasteiger partial charge on any atom is 0.341 e. The van der Waals surface area contributed by atoms with Gasteiger partial charge in [0.15, 0.2) is 23.1 Å². The van der Waals surface area contributed by atoms with Crippen molar-refractivity contribution in [3.8, 4) is 17.2 Å². The maximum atomic E-state index is 15.1. The molecule has 4 aromatic rings. The molecular formula is C33H40FN7O6. The molecule has 1 saturated heterocycles. The number of nitrogen functional groups attached to an aromatic ring is 2. The number of aromatic nitrogens is 3. The number of nitrogens with two attached hydrogens (primary N) is 2. The van der Waals surface area contributed by atoms with Gasteiger partial charge in [0.2, 0.25) is 11.4 Å². The lowest BCUT2D eigenvalue weighted by atomic mass is 10.0. The molecule has 0 amide bonds. The van der Waals surface area contributed by atoms with Gasteiger partial charge in [0.05, 0.1) is 32.2 Å². The Hall–Kier alpha value is -5.11. The summed E-state index contributed by atoms with van der Waals surface area (Å²) in [6.07, 6.45) is 5.40. The number of rotatable bonds is 8. The van der Waals surface area contributed by atoms with Crippen molar-refractivity contribution in [1.82, 2.24) is 19.9 Å².